The number of aryl methyl sites for hydroxylation is 1. The molecule has 0 saturated carbocycles. The number of carbonyl (C=O) groups excluding carboxylic acids is 2. The zero-order chi connectivity index (χ0) is 18.8. The maximum atomic E-state index is 13.2. The summed E-state index contributed by atoms with van der Waals surface area (Å²) in [5.74, 6) is -0.0729. The van der Waals surface area contributed by atoms with Gasteiger partial charge in [-0.1, -0.05) is 53.6 Å². The summed E-state index contributed by atoms with van der Waals surface area (Å²) in [5, 5.41) is 0.649. The van der Waals surface area contributed by atoms with Crippen LogP contribution in [0.5, 0.6) is 0 Å². The first kappa shape index (κ1) is 18.5. The van der Waals surface area contributed by atoms with E-state index in [4.69, 9.17) is 11.6 Å². The van der Waals surface area contributed by atoms with E-state index < -0.39 is 6.04 Å². The molecule has 0 N–H and O–H groups in total. The highest BCUT2D eigenvalue weighted by Crippen LogP contribution is 2.30. The first-order valence-corrected chi connectivity index (χ1v) is 9.15. The second kappa shape index (κ2) is 7.50. The van der Waals surface area contributed by atoms with Crippen molar-refractivity contribution in [1.82, 2.24) is 9.80 Å². The molecule has 2 amide bonds. The zero-order valence-corrected chi connectivity index (χ0v) is 16.0. The Kier molecular flexibility index (Phi) is 5.33. The van der Waals surface area contributed by atoms with Gasteiger partial charge in [0.2, 0.25) is 5.91 Å². The van der Waals surface area contributed by atoms with E-state index in [2.05, 4.69) is 0 Å². The zero-order valence-electron chi connectivity index (χ0n) is 15.3. The van der Waals surface area contributed by atoms with Crippen LogP contribution in [0.1, 0.15) is 36.6 Å². The number of hydrogen-bond acceptors (Lipinski definition) is 2. The molecule has 5 heteroatoms. The molecule has 2 aromatic carbocycles. The molecule has 1 aliphatic heterocycles. The summed E-state index contributed by atoms with van der Waals surface area (Å²) in [6.07, 6.45) is 0. The number of halogens is 1. The standard InChI is InChI=1S/C21H23ClN2O2/c1-14(2)23-13-19(25)24(12-16-6-10-18(22)11-7-16)20(21(23)26)17-8-4-15(3)5-9-17/h4-11,14,20H,12-13H2,1-3H3. The second-order valence-corrected chi connectivity index (χ2v) is 7.46. The van der Waals surface area contributed by atoms with Gasteiger partial charge in [-0.15, -0.1) is 0 Å². The molecule has 0 aromatic heterocycles. The maximum Gasteiger partial charge on any atom is 0.250 e. The smallest absolute Gasteiger partial charge is 0.250 e. The van der Waals surface area contributed by atoms with Crippen LogP contribution in [-0.4, -0.2) is 34.2 Å². The van der Waals surface area contributed by atoms with Gasteiger partial charge >= 0.3 is 0 Å². The van der Waals surface area contributed by atoms with Gasteiger partial charge in [-0.25, -0.2) is 0 Å². The van der Waals surface area contributed by atoms with Crippen molar-refractivity contribution in [2.75, 3.05) is 6.54 Å². The number of piperazine rings is 1. The number of benzene rings is 2. The molecule has 136 valence electrons. The van der Waals surface area contributed by atoms with Crippen LogP contribution < -0.4 is 0 Å². The fourth-order valence-electron chi connectivity index (χ4n) is 3.22. The minimum absolute atomic E-state index is 0.0166. The van der Waals surface area contributed by atoms with Crippen molar-refractivity contribution in [3.63, 3.8) is 0 Å². The van der Waals surface area contributed by atoms with Crippen LogP contribution in [0.25, 0.3) is 0 Å². The van der Waals surface area contributed by atoms with Gasteiger partial charge < -0.3 is 9.80 Å². The Morgan fingerprint density at radius 3 is 2.23 bits per heavy atom. The molecule has 1 fully saturated rings. The molecule has 3 rings (SSSR count). The van der Waals surface area contributed by atoms with Gasteiger partial charge in [-0.3, -0.25) is 9.59 Å². The first-order valence-electron chi connectivity index (χ1n) is 8.78. The van der Waals surface area contributed by atoms with Gasteiger partial charge in [0, 0.05) is 17.6 Å². The lowest BCUT2D eigenvalue weighted by Crippen LogP contribution is -2.56. The van der Waals surface area contributed by atoms with Crippen LogP contribution in [0.3, 0.4) is 0 Å². The Labute approximate surface area is 159 Å². The van der Waals surface area contributed by atoms with Crippen LogP contribution in [-0.2, 0) is 16.1 Å². The summed E-state index contributed by atoms with van der Waals surface area (Å²) in [4.78, 5) is 29.4. The lowest BCUT2D eigenvalue weighted by atomic mass is 9.98. The van der Waals surface area contributed by atoms with Crippen LogP contribution in [0.2, 0.25) is 5.02 Å². The van der Waals surface area contributed by atoms with Crippen molar-refractivity contribution in [3.05, 3.63) is 70.2 Å². The molecule has 1 aliphatic rings. The number of hydrogen-bond donors (Lipinski definition) is 0. The molecule has 1 saturated heterocycles. The summed E-state index contributed by atoms with van der Waals surface area (Å²) in [6.45, 7) is 6.38. The summed E-state index contributed by atoms with van der Waals surface area (Å²) in [7, 11) is 0. The van der Waals surface area contributed by atoms with Crippen molar-refractivity contribution < 1.29 is 9.59 Å². The summed E-state index contributed by atoms with van der Waals surface area (Å²) in [6, 6.07) is 14.6. The van der Waals surface area contributed by atoms with E-state index in [1.54, 1.807) is 21.9 Å². The number of rotatable bonds is 4. The molecule has 0 aliphatic carbocycles. The molecule has 0 spiro atoms. The fourth-order valence-corrected chi connectivity index (χ4v) is 3.35. The minimum Gasteiger partial charge on any atom is -0.329 e. The van der Waals surface area contributed by atoms with Crippen molar-refractivity contribution in [3.8, 4) is 0 Å². The van der Waals surface area contributed by atoms with E-state index in [0.29, 0.717) is 11.6 Å². The van der Waals surface area contributed by atoms with E-state index >= 15 is 0 Å². The molecule has 4 nitrogen and oxygen atoms in total. The topological polar surface area (TPSA) is 40.6 Å². The maximum absolute atomic E-state index is 13.2. The van der Waals surface area contributed by atoms with Gasteiger partial charge in [0.1, 0.15) is 12.6 Å². The highest BCUT2D eigenvalue weighted by molar-refractivity contribution is 6.30. The molecule has 0 radical (unpaired) electrons. The van der Waals surface area contributed by atoms with E-state index in [1.807, 2.05) is 57.2 Å². The van der Waals surface area contributed by atoms with Crippen LogP contribution in [0.15, 0.2) is 48.5 Å². The Morgan fingerprint density at radius 2 is 1.65 bits per heavy atom. The summed E-state index contributed by atoms with van der Waals surface area (Å²) in [5.41, 5.74) is 2.91. The van der Waals surface area contributed by atoms with Crippen LogP contribution in [0, 0.1) is 6.92 Å². The molecule has 2 aromatic rings. The van der Waals surface area contributed by atoms with Gasteiger partial charge in [0.05, 0.1) is 0 Å². The Morgan fingerprint density at radius 1 is 1.04 bits per heavy atom. The molecule has 0 bridgehead atoms. The number of carbonyl (C=O) groups is 2. The highest BCUT2D eigenvalue weighted by Gasteiger charge is 2.41. The van der Waals surface area contributed by atoms with Gasteiger partial charge in [0.25, 0.3) is 5.91 Å². The third-order valence-corrected chi connectivity index (χ3v) is 4.99. The Balaban J connectivity index is 1.98. The molecular formula is C21H23ClN2O2. The average Bonchev–Trinajstić information content (AvgIpc) is 2.61. The third-order valence-electron chi connectivity index (χ3n) is 4.74. The van der Waals surface area contributed by atoms with Crippen molar-refractivity contribution in [2.24, 2.45) is 0 Å². The van der Waals surface area contributed by atoms with Crippen molar-refractivity contribution >= 4 is 23.4 Å². The van der Waals surface area contributed by atoms with Gasteiger partial charge in [0.15, 0.2) is 0 Å². The van der Waals surface area contributed by atoms with Crippen LogP contribution >= 0.6 is 11.6 Å². The number of nitrogens with zero attached hydrogens (tertiary/aromatic N) is 2. The Bertz CT molecular complexity index is 800. The average molecular weight is 371 g/mol. The minimum atomic E-state index is -0.602. The largest absolute Gasteiger partial charge is 0.329 e. The van der Waals surface area contributed by atoms with Crippen LogP contribution in [0.4, 0.5) is 0 Å². The van der Waals surface area contributed by atoms with E-state index in [-0.39, 0.29) is 24.4 Å². The quantitative estimate of drug-likeness (QED) is 0.817. The fraction of sp³-hybridized carbons (Fsp3) is 0.333. The van der Waals surface area contributed by atoms with Crippen molar-refractivity contribution in [2.45, 2.75) is 39.4 Å². The van der Waals surface area contributed by atoms with E-state index in [0.717, 1.165) is 16.7 Å². The molecule has 1 atom stereocenters. The lowest BCUT2D eigenvalue weighted by Gasteiger charge is -2.42. The summed E-state index contributed by atoms with van der Waals surface area (Å²) < 4.78 is 0. The third kappa shape index (κ3) is 3.75. The predicted molar refractivity (Wildman–Crippen MR) is 103 cm³/mol. The molecule has 1 heterocycles. The molecule has 26 heavy (non-hydrogen) atoms. The summed E-state index contributed by atoms with van der Waals surface area (Å²) >= 11 is 5.96. The predicted octanol–water partition coefficient (Wildman–Crippen LogP) is 3.97. The molecule has 1 unspecified atom stereocenters. The van der Waals surface area contributed by atoms with E-state index in [9.17, 15) is 9.59 Å². The number of amides is 2. The lowest BCUT2D eigenvalue weighted by molar-refractivity contribution is -0.158. The van der Waals surface area contributed by atoms with Crippen molar-refractivity contribution in [1.29, 1.82) is 0 Å². The highest BCUT2D eigenvalue weighted by atomic mass is 35.5. The van der Waals surface area contributed by atoms with Gasteiger partial charge in [-0.05, 0) is 44.0 Å². The first-order chi connectivity index (χ1) is 12.4. The van der Waals surface area contributed by atoms with E-state index in [1.165, 1.54) is 0 Å². The normalized spacial score (nSPS) is 18.0. The second-order valence-electron chi connectivity index (χ2n) is 7.02. The SMILES string of the molecule is Cc1ccc(C2C(=O)N(C(C)C)CC(=O)N2Cc2ccc(Cl)cc2)cc1. The van der Waals surface area contributed by atoms with Gasteiger partial charge in [-0.2, -0.15) is 0 Å². The molecular weight excluding hydrogens is 348 g/mol. The Hall–Kier alpha value is -2.33. The monoisotopic (exact) mass is 370 g/mol.